The second-order valence-electron chi connectivity index (χ2n) is 5.37. The largest absolute Gasteiger partial charge is 0.345 e. The Balaban J connectivity index is 2.22. The van der Waals surface area contributed by atoms with E-state index in [2.05, 4.69) is 36.8 Å². The van der Waals surface area contributed by atoms with Crippen molar-refractivity contribution in [2.75, 3.05) is 0 Å². The van der Waals surface area contributed by atoms with E-state index in [1.165, 1.54) is 41.8 Å². The lowest BCUT2D eigenvalue weighted by atomic mass is 10.1. The van der Waals surface area contributed by atoms with Crippen LogP contribution in [0.1, 0.15) is 49.6 Å². The zero-order valence-electron chi connectivity index (χ0n) is 12.1. The van der Waals surface area contributed by atoms with Gasteiger partial charge in [-0.2, -0.15) is 0 Å². The summed E-state index contributed by atoms with van der Waals surface area (Å²) in [7, 11) is 0. The minimum absolute atomic E-state index is 0.976. The zero-order chi connectivity index (χ0) is 13.7. The van der Waals surface area contributed by atoms with Gasteiger partial charge in [-0.3, -0.25) is 0 Å². The molecule has 0 saturated carbocycles. The standard InChI is InChI=1S/C18H25N/c1-4-7-8-11-19-17(10-6-3)14-16-12-15(9-5-2)13-18(16)19/h5-6,13-14H,2-4,7-12H2,1H3. The van der Waals surface area contributed by atoms with Crippen LogP contribution < -0.4 is 0 Å². The summed E-state index contributed by atoms with van der Waals surface area (Å²) < 4.78 is 2.50. The van der Waals surface area contributed by atoms with E-state index >= 15 is 0 Å². The molecular formula is C18H25N. The SMILES string of the molecule is C=CCC1=Cc2c(cc(CC=C)n2CCCCC)C1. The van der Waals surface area contributed by atoms with Crippen LogP contribution in [0.4, 0.5) is 0 Å². The summed E-state index contributed by atoms with van der Waals surface area (Å²) in [5, 5.41) is 0. The maximum absolute atomic E-state index is 3.88. The summed E-state index contributed by atoms with van der Waals surface area (Å²) in [4.78, 5) is 0. The first-order chi connectivity index (χ1) is 9.30. The van der Waals surface area contributed by atoms with Gasteiger partial charge in [-0.15, -0.1) is 13.2 Å². The fourth-order valence-corrected chi connectivity index (χ4v) is 2.90. The van der Waals surface area contributed by atoms with Gasteiger partial charge in [0.25, 0.3) is 0 Å². The second-order valence-corrected chi connectivity index (χ2v) is 5.37. The van der Waals surface area contributed by atoms with Crippen LogP contribution >= 0.6 is 0 Å². The molecule has 0 aliphatic heterocycles. The van der Waals surface area contributed by atoms with Crippen molar-refractivity contribution in [3.05, 3.63) is 53.9 Å². The number of aromatic nitrogens is 1. The Labute approximate surface area is 117 Å². The lowest BCUT2D eigenvalue weighted by Gasteiger charge is -2.10. The van der Waals surface area contributed by atoms with Gasteiger partial charge in [-0.25, -0.2) is 0 Å². The van der Waals surface area contributed by atoms with Crippen molar-refractivity contribution in [1.29, 1.82) is 0 Å². The van der Waals surface area contributed by atoms with Gasteiger partial charge >= 0.3 is 0 Å². The van der Waals surface area contributed by atoms with Crippen LogP contribution in [0, 0.1) is 0 Å². The molecule has 1 heterocycles. The maximum atomic E-state index is 3.88. The molecule has 1 nitrogen and oxygen atoms in total. The molecule has 0 N–H and O–H groups in total. The smallest absolute Gasteiger partial charge is 0.0444 e. The summed E-state index contributed by atoms with van der Waals surface area (Å²) in [6.07, 6.45) is 13.3. The van der Waals surface area contributed by atoms with Crippen molar-refractivity contribution in [3.63, 3.8) is 0 Å². The fraction of sp³-hybridized carbons (Fsp3) is 0.444. The molecule has 0 amide bonds. The number of hydrogen-bond acceptors (Lipinski definition) is 0. The average Bonchev–Trinajstić information content (AvgIpc) is 2.90. The number of fused-ring (bicyclic) bond motifs is 1. The van der Waals surface area contributed by atoms with E-state index in [4.69, 9.17) is 0 Å². The van der Waals surface area contributed by atoms with Crippen LogP contribution in [0.2, 0.25) is 0 Å². The van der Waals surface area contributed by atoms with Crippen molar-refractivity contribution in [2.24, 2.45) is 0 Å². The van der Waals surface area contributed by atoms with Crippen LogP contribution in [0.15, 0.2) is 36.9 Å². The van der Waals surface area contributed by atoms with E-state index in [0.29, 0.717) is 0 Å². The van der Waals surface area contributed by atoms with Crippen LogP contribution in [0.25, 0.3) is 6.08 Å². The van der Waals surface area contributed by atoms with Gasteiger partial charge < -0.3 is 4.57 Å². The van der Waals surface area contributed by atoms with Gasteiger partial charge in [0.05, 0.1) is 0 Å². The topological polar surface area (TPSA) is 4.93 Å². The van der Waals surface area contributed by atoms with Gasteiger partial charge in [0.2, 0.25) is 0 Å². The van der Waals surface area contributed by atoms with Crippen molar-refractivity contribution in [2.45, 2.75) is 52.0 Å². The third kappa shape index (κ3) is 3.09. The molecule has 0 radical (unpaired) electrons. The van der Waals surface area contributed by atoms with E-state index in [-0.39, 0.29) is 0 Å². The predicted octanol–water partition coefficient (Wildman–Crippen LogP) is 4.92. The van der Waals surface area contributed by atoms with Crippen LogP contribution in [-0.4, -0.2) is 4.57 Å². The minimum Gasteiger partial charge on any atom is -0.345 e. The molecule has 1 aromatic rings. The number of rotatable bonds is 8. The Morgan fingerprint density at radius 3 is 2.68 bits per heavy atom. The molecule has 0 spiro atoms. The first kappa shape index (κ1) is 13.9. The molecule has 0 unspecified atom stereocenters. The number of unbranched alkanes of at least 4 members (excludes halogenated alkanes) is 2. The lowest BCUT2D eigenvalue weighted by Crippen LogP contribution is -2.04. The number of nitrogens with zero attached hydrogens (tertiary/aromatic N) is 1. The molecule has 1 heteroatoms. The van der Waals surface area contributed by atoms with E-state index in [0.717, 1.165) is 25.8 Å². The summed E-state index contributed by atoms with van der Waals surface area (Å²) in [5.41, 5.74) is 5.84. The lowest BCUT2D eigenvalue weighted by molar-refractivity contribution is 0.588. The summed E-state index contributed by atoms with van der Waals surface area (Å²) in [6.45, 7) is 11.1. The predicted molar refractivity (Wildman–Crippen MR) is 84.4 cm³/mol. The van der Waals surface area contributed by atoms with Gasteiger partial charge in [0.15, 0.2) is 0 Å². The molecule has 1 aliphatic rings. The highest BCUT2D eigenvalue weighted by Gasteiger charge is 2.18. The zero-order valence-corrected chi connectivity index (χ0v) is 12.1. The van der Waals surface area contributed by atoms with Gasteiger partial charge in [-0.05, 0) is 37.0 Å². The Morgan fingerprint density at radius 1 is 1.21 bits per heavy atom. The first-order valence-electron chi connectivity index (χ1n) is 7.42. The highest BCUT2D eigenvalue weighted by molar-refractivity contribution is 5.63. The average molecular weight is 255 g/mol. The van der Waals surface area contributed by atoms with Gasteiger partial charge in [0.1, 0.15) is 0 Å². The van der Waals surface area contributed by atoms with E-state index in [1.807, 2.05) is 12.2 Å². The molecule has 1 aliphatic carbocycles. The second kappa shape index (κ2) is 6.60. The third-order valence-electron chi connectivity index (χ3n) is 3.81. The van der Waals surface area contributed by atoms with Crippen molar-refractivity contribution >= 4 is 6.08 Å². The maximum Gasteiger partial charge on any atom is 0.0444 e. The van der Waals surface area contributed by atoms with E-state index < -0.39 is 0 Å². The Bertz CT molecular complexity index is 488. The van der Waals surface area contributed by atoms with Crippen LogP contribution in [-0.2, 0) is 19.4 Å². The summed E-state index contributed by atoms with van der Waals surface area (Å²) in [5.74, 6) is 0. The molecule has 1 aromatic heterocycles. The van der Waals surface area contributed by atoms with Crippen LogP contribution in [0.3, 0.4) is 0 Å². The minimum atomic E-state index is 0.976. The molecular weight excluding hydrogens is 230 g/mol. The van der Waals surface area contributed by atoms with E-state index in [1.54, 1.807) is 0 Å². The molecule has 0 aromatic carbocycles. The molecule has 0 atom stereocenters. The Kier molecular flexibility index (Phi) is 4.84. The third-order valence-corrected chi connectivity index (χ3v) is 3.81. The number of allylic oxidation sites excluding steroid dienone is 3. The van der Waals surface area contributed by atoms with E-state index in [9.17, 15) is 0 Å². The van der Waals surface area contributed by atoms with Crippen molar-refractivity contribution in [3.8, 4) is 0 Å². The quantitative estimate of drug-likeness (QED) is 0.459. The van der Waals surface area contributed by atoms with Crippen LogP contribution in [0.5, 0.6) is 0 Å². The first-order valence-corrected chi connectivity index (χ1v) is 7.42. The molecule has 2 rings (SSSR count). The normalized spacial score (nSPS) is 13.2. The molecule has 0 fully saturated rings. The fourth-order valence-electron chi connectivity index (χ4n) is 2.90. The molecule has 0 saturated heterocycles. The van der Waals surface area contributed by atoms with Gasteiger partial charge in [-0.1, -0.05) is 37.5 Å². The van der Waals surface area contributed by atoms with Crippen molar-refractivity contribution < 1.29 is 0 Å². The summed E-state index contributed by atoms with van der Waals surface area (Å²) in [6, 6.07) is 2.37. The molecule has 102 valence electrons. The highest BCUT2D eigenvalue weighted by Crippen LogP contribution is 2.31. The highest BCUT2D eigenvalue weighted by atomic mass is 15.0. The summed E-state index contributed by atoms with van der Waals surface area (Å²) >= 11 is 0. The van der Waals surface area contributed by atoms with Crippen molar-refractivity contribution in [1.82, 2.24) is 4.57 Å². The monoisotopic (exact) mass is 255 g/mol. The Hall–Kier alpha value is -1.50. The Morgan fingerprint density at radius 2 is 2.00 bits per heavy atom. The van der Waals surface area contributed by atoms with Gasteiger partial charge in [0, 0.05) is 24.4 Å². The molecule has 0 bridgehead atoms. The number of hydrogen-bond donors (Lipinski definition) is 0. The molecule has 19 heavy (non-hydrogen) atoms.